The molecule has 0 fully saturated rings. The fraction of sp³-hybridized carbons (Fsp3) is 0.300. The number of ether oxygens (including phenoxy) is 1. The zero-order valence-electron chi connectivity index (χ0n) is 15.1. The molecule has 0 aliphatic heterocycles. The highest BCUT2D eigenvalue weighted by atomic mass is 16.5. The standard InChI is InChI=1S/C20H24N2O3/c1-5-25-19-9-7-6-8-18(19)22(16(4)23)13-20(24)21-17-11-10-14(2)15(3)12-17/h6-12H,5,13H2,1-4H3,(H,21,24). The topological polar surface area (TPSA) is 58.6 Å². The van der Waals surface area contributed by atoms with Gasteiger partial charge in [-0.2, -0.15) is 0 Å². The molecule has 2 amide bonds. The number of aryl methyl sites for hydroxylation is 2. The van der Waals surface area contributed by atoms with Crippen LogP contribution in [0.1, 0.15) is 25.0 Å². The van der Waals surface area contributed by atoms with E-state index in [0.29, 0.717) is 18.0 Å². The number of hydrogen-bond donors (Lipinski definition) is 1. The minimum atomic E-state index is -0.259. The smallest absolute Gasteiger partial charge is 0.244 e. The molecular weight excluding hydrogens is 316 g/mol. The molecule has 132 valence electrons. The van der Waals surface area contributed by atoms with E-state index in [4.69, 9.17) is 4.74 Å². The van der Waals surface area contributed by atoms with Gasteiger partial charge in [0.25, 0.3) is 0 Å². The third-order valence-electron chi connectivity index (χ3n) is 3.93. The highest BCUT2D eigenvalue weighted by molar-refractivity contribution is 6.02. The van der Waals surface area contributed by atoms with Crippen molar-refractivity contribution >= 4 is 23.2 Å². The molecule has 0 spiro atoms. The third-order valence-corrected chi connectivity index (χ3v) is 3.93. The zero-order valence-corrected chi connectivity index (χ0v) is 15.1. The molecule has 0 aliphatic rings. The summed E-state index contributed by atoms with van der Waals surface area (Å²) in [5, 5.41) is 2.84. The van der Waals surface area contributed by atoms with Gasteiger partial charge in [-0.25, -0.2) is 0 Å². The molecule has 0 bridgehead atoms. The van der Waals surface area contributed by atoms with Crippen molar-refractivity contribution in [3.63, 3.8) is 0 Å². The molecule has 25 heavy (non-hydrogen) atoms. The number of rotatable bonds is 6. The molecule has 0 aromatic heterocycles. The van der Waals surface area contributed by atoms with Crippen LogP contribution in [0, 0.1) is 13.8 Å². The van der Waals surface area contributed by atoms with Gasteiger partial charge in [0, 0.05) is 12.6 Å². The average molecular weight is 340 g/mol. The van der Waals surface area contributed by atoms with E-state index in [0.717, 1.165) is 16.8 Å². The number of benzene rings is 2. The molecule has 0 aliphatic carbocycles. The molecule has 0 atom stereocenters. The van der Waals surface area contributed by atoms with Crippen LogP contribution in [0.4, 0.5) is 11.4 Å². The molecule has 0 saturated carbocycles. The van der Waals surface area contributed by atoms with E-state index < -0.39 is 0 Å². The van der Waals surface area contributed by atoms with Gasteiger partial charge < -0.3 is 10.1 Å². The van der Waals surface area contributed by atoms with Crippen molar-refractivity contribution in [1.82, 2.24) is 0 Å². The number of para-hydroxylation sites is 2. The SMILES string of the molecule is CCOc1ccccc1N(CC(=O)Nc1ccc(C)c(C)c1)C(C)=O. The van der Waals surface area contributed by atoms with Crippen molar-refractivity contribution in [2.24, 2.45) is 0 Å². The lowest BCUT2D eigenvalue weighted by molar-refractivity contribution is -0.120. The van der Waals surface area contributed by atoms with Crippen molar-refractivity contribution in [2.75, 3.05) is 23.4 Å². The summed E-state index contributed by atoms with van der Waals surface area (Å²) in [6.07, 6.45) is 0. The first-order chi connectivity index (χ1) is 11.9. The van der Waals surface area contributed by atoms with E-state index in [2.05, 4.69) is 5.32 Å². The summed E-state index contributed by atoms with van der Waals surface area (Å²) in [5.74, 6) is 0.103. The van der Waals surface area contributed by atoms with Crippen LogP contribution in [0.3, 0.4) is 0 Å². The van der Waals surface area contributed by atoms with Crippen LogP contribution in [0.2, 0.25) is 0 Å². The van der Waals surface area contributed by atoms with Gasteiger partial charge in [-0.15, -0.1) is 0 Å². The largest absolute Gasteiger partial charge is 0.492 e. The highest BCUT2D eigenvalue weighted by Crippen LogP contribution is 2.28. The van der Waals surface area contributed by atoms with Gasteiger partial charge in [-0.3, -0.25) is 14.5 Å². The van der Waals surface area contributed by atoms with E-state index in [1.54, 1.807) is 12.1 Å². The van der Waals surface area contributed by atoms with Crippen LogP contribution >= 0.6 is 0 Å². The van der Waals surface area contributed by atoms with Gasteiger partial charge in [0.15, 0.2) is 0 Å². The third kappa shape index (κ3) is 4.83. The van der Waals surface area contributed by atoms with Gasteiger partial charge >= 0.3 is 0 Å². The lowest BCUT2D eigenvalue weighted by Gasteiger charge is -2.23. The quantitative estimate of drug-likeness (QED) is 0.872. The second-order valence-corrected chi connectivity index (χ2v) is 5.85. The van der Waals surface area contributed by atoms with Gasteiger partial charge in [0.1, 0.15) is 12.3 Å². The fourth-order valence-corrected chi connectivity index (χ4v) is 2.49. The van der Waals surface area contributed by atoms with Crippen LogP contribution in [0.15, 0.2) is 42.5 Å². The Morgan fingerprint density at radius 1 is 1.08 bits per heavy atom. The first-order valence-corrected chi connectivity index (χ1v) is 8.29. The summed E-state index contributed by atoms with van der Waals surface area (Å²) in [6.45, 7) is 7.73. The minimum absolute atomic E-state index is 0.0770. The lowest BCUT2D eigenvalue weighted by Crippen LogP contribution is -2.37. The minimum Gasteiger partial charge on any atom is -0.492 e. The molecule has 0 saturated heterocycles. The van der Waals surface area contributed by atoms with Crippen LogP contribution < -0.4 is 15.0 Å². The molecule has 0 unspecified atom stereocenters. The average Bonchev–Trinajstić information content (AvgIpc) is 2.57. The van der Waals surface area contributed by atoms with E-state index in [9.17, 15) is 9.59 Å². The second kappa shape index (κ2) is 8.33. The molecule has 5 nitrogen and oxygen atoms in total. The molecule has 1 N–H and O–H groups in total. The molecule has 2 rings (SSSR count). The number of carbonyl (C=O) groups excluding carboxylic acids is 2. The van der Waals surface area contributed by atoms with Gasteiger partial charge in [0.2, 0.25) is 11.8 Å². The molecule has 5 heteroatoms. The van der Waals surface area contributed by atoms with Crippen LogP contribution in [-0.2, 0) is 9.59 Å². The summed E-state index contributed by atoms with van der Waals surface area (Å²) in [4.78, 5) is 25.9. The number of nitrogens with one attached hydrogen (secondary N) is 1. The monoisotopic (exact) mass is 340 g/mol. The first-order valence-electron chi connectivity index (χ1n) is 8.29. The second-order valence-electron chi connectivity index (χ2n) is 5.85. The summed E-state index contributed by atoms with van der Waals surface area (Å²) in [5.41, 5.74) is 3.57. The molecular formula is C20H24N2O3. The Labute approximate surface area is 148 Å². The summed E-state index contributed by atoms with van der Waals surface area (Å²) in [7, 11) is 0. The number of nitrogens with zero attached hydrogens (tertiary/aromatic N) is 1. The first kappa shape index (κ1) is 18.5. The van der Waals surface area contributed by atoms with Crippen molar-refractivity contribution in [3.05, 3.63) is 53.6 Å². The molecule has 2 aromatic carbocycles. The summed E-state index contributed by atoms with van der Waals surface area (Å²) >= 11 is 0. The lowest BCUT2D eigenvalue weighted by atomic mass is 10.1. The Bertz CT molecular complexity index is 771. The van der Waals surface area contributed by atoms with Gasteiger partial charge in [0.05, 0.1) is 12.3 Å². The van der Waals surface area contributed by atoms with E-state index >= 15 is 0 Å². The predicted molar refractivity (Wildman–Crippen MR) is 100 cm³/mol. The van der Waals surface area contributed by atoms with Crippen molar-refractivity contribution in [2.45, 2.75) is 27.7 Å². The Balaban J connectivity index is 2.17. The van der Waals surface area contributed by atoms with Crippen LogP contribution in [-0.4, -0.2) is 25.0 Å². The zero-order chi connectivity index (χ0) is 18.4. The summed E-state index contributed by atoms with van der Waals surface area (Å²) < 4.78 is 5.57. The Morgan fingerprint density at radius 3 is 2.44 bits per heavy atom. The predicted octanol–water partition coefficient (Wildman–Crippen LogP) is 3.69. The number of amides is 2. The van der Waals surface area contributed by atoms with E-state index in [1.807, 2.05) is 51.1 Å². The van der Waals surface area contributed by atoms with Gasteiger partial charge in [-0.05, 0) is 56.2 Å². The molecule has 0 radical (unpaired) electrons. The van der Waals surface area contributed by atoms with Crippen molar-refractivity contribution in [3.8, 4) is 5.75 Å². The van der Waals surface area contributed by atoms with Crippen molar-refractivity contribution < 1.29 is 14.3 Å². The Kier molecular flexibility index (Phi) is 6.17. The fourth-order valence-electron chi connectivity index (χ4n) is 2.49. The molecule has 2 aromatic rings. The van der Waals surface area contributed by atoms with Crippen LogP contribution in [0.25, 0.3) is 0 Å². The summed E-state index contributed by atoms with van der Waals surface area (Å²) in [6, 6.07) is 12.9. The van der Waals surface area contributed by atoms with Crippen molar-refractivity contribution in [1.29, 1.82) is 0 Å². The number of anilines is 2. The number of hydrogen-bond acceptors (Lipinski definition) is 3. The van der Waals surface area contributed by atoms with Gasteiger partial charge in [-0.1, -0.05) is 18.2 Å². The van der Waals surface area contributed by atoms with E-state index in [-0.39, 0.29) is 18.4 Å². The normalized spacial score (nSPS) is 10.2. The highest BCUT2D eigenvalue weighted by Gasteiger charge is 2.19. The Morgan fingerprint density at radius 2 is 1.80 bits per heavy atom. The number of carbonyl (C=O) groups is 2. The van der Waals surface area contributed by atoms with Crippen LogP contribution in [0.5, 0.6) is 5.75 Å². The maximum atomic E-state index is 12.4. The Hall–Kier alpha value is -2.82. The maximum Gasteiger partial charge on any atom is 0.244 e. The van der Waals surface area contributed by atoms with E-state index in [1.165, 1.54) is 11.8 Å². The molecule has 0 heterocycles. The maximum absolute atomic E-state index is 12.4.